The number of nitrogens with two attached hydrogens (primary N) is 1. The van der Waals surface area contributed by atoms with Crippen LogP contribution in [0.4, 0.5) is 0 Å². The van der Waals surface area contributed by atoms with E-state index in [1.165, 1.54) is 0 Å². The van der Waals surface area contributed by atoms with E-state index in [1.807, 2.05) is 14.0 Å². The molecular formula is C11H23N3O. The van der Waals surface area contributed by atoms with Gasteiger partial charge in [-0.3, -0.25) is 4.79 Å². The molecule has 0 saturated carbocycles. The van der Waals surface area contributed by atoms with Crippen LogP contribution in [0.5, 0.6) is 0 Å². The van der Waals surface area contributed by atoms with Crippen LogP contribution in [0.1, 0.15) is 26.7 Å². The smallest absolute Gasteiger partial charge is 0.227 e. The Kier molecular flexibility index (Phi) is 4.54. The largest absolute Gasteiger partial charge is 0.341 e. The molecule has 1 unspecified atom stereocenters. The number of likely N-dealkylation sites (N-methyl/N-ethyl adjacent to an activating group) is 1. The third-order valence-electron chi connectivity index (χ3n) is 3.43. The molecule has 88 valence electrons. The van der Waals surface area contributed by atoms with Gasteiger partial charge in [-0.15, -0.1) is 0 Å². The molecule has 1 amide bonds. The van der Waals surface area contributed by atoms with Gasteiger partial charge in [0, 0.05) is 25.7 Å². The van der Waals surface area contributed by atoms with E-state index in [0.717, 1.165) is 19.4 Å². The summed E-state index contributed by atoms with van der Waals surface area (Å²) in [5.74, 6) is 0.352. The number of carbonyl (C=O) groups excluding carboxylic acids is 1. The minimum atomic E-state index is 0.123. The summed E-state index contributed by atoms with van der Waals surface area (Å²) in [6, 6.07) is 0.422. The first-order chi connectivity index (χ1) is 7.07. The number of nitrogens with one attached hydrogen (secondary N) is 1. The van der Waals surface area contributed by atoms with Gasteiger partial charge in [-0.25, -0.2) is 0 Å². The van der Waals surface area contributed by atoms with Crippen LogP contribution in [-0.2, 0) is 4.79 Å². The van der Waals surface area contributed by atoms with Crippen molar-refractivity contribution in [1.29, 1.82) is 0 Å². The monoisotopic (exact) mass is 213 g/mol. The Balaban J connectivity index is 2.57. The zero-order valence-corrected chi connectivity index (χ0v) is 9.99. The van der Waals surface area contributed by atoms with Crippen LogP contribution in [0.3, 0.4) is 0 Å². The second-order valence-corrected chi connectivity index (χ2v) is 4.53. The molecular weight excluding hydrogens is 190 g/mol. The molecule has 15 heavy (non-hydrogen) atoms. The van der Waals surface area contributed by atoms with Crippen LogP contribution < -0.4 is 11.1 Å². The SMILES string of the molecule is CC(CN)N(C)C(=O)[C@@H]1CCCN[C@@H]1C. The van der Waals surface area contributed by atoms with Crippen molar-refractivity contribution in [3.05, 3.63) is 0 Å². The maximum atomic E-state index is 12.1. The molecule has 0 aromatic carbocycles. The van der Waals surface area contributed by atoms with Crippen molar-refractivity contribution in [2.75, 3.05) is 20.1 Å². The van der Waals surface area contributed by atoms with Crippen molar-refractivity contribution in [1.82, 2.24) is 10.2 Å². The van der Waals surface area contributed by atoms with Gasteiger partial charge in [0.1, 0.15) is 0 Å². The number of piperidine rings is 1. The molecule has 1 rings (SSSR count). The molecule has 1 saturated heterocycles. The maximum absolute atomic E-state index is 12.1. The molecule has 4 nitrogen and oxygen atoms in total. The van der Waals surface area contributed by atoms with Gasteiger partial charge in [-0.05, 0) is 33.2 Å². The maximum Gasteiger partial charge on any atom is 0.227 e. The van der Waals surface area contributed by atoms with Gasteiger partial charge in [0.2, 0.25) is 5.91 Å². The van der Waals surface area contributed by atoms with E-state index >= 15 is 0 Å². The molecule has 1 heterocycles. The predicted octanol–water partition coefficient (Wildman–Crippen LogP) is 0.180. The third kappa shape index (κ3) is 2.92. The van der Waals surface area contributed by atoms with Gasteiger partial charge in [0.05, 0.1) is 5.92 Å². The lowest BCUT2D eigenvalue weighted by Gasteiger charge is -2.34. The lowest BCUT2D eigenvalue weighted by atomic mass is 9.90. The minimum absolute atomic E-state index is 0.123. The van der Waals surface area contributed by atoms with E-state index in [0.29, 0.717) is 12.6 Å². The van der Waals surface area contributed by atoms with Crippen molar-refractivity contribution in [2.45, 2.75) is 38.8 Å². The first kappa shape index (κ1) is 12.5. The Morgan fingerprint density at radius 3 is 2.87 bits per heavy atom. The summed E-state index contributed by atoms with van der Waals surface area (Å²) in [4.78, 5) is 13.9. The summed E-state index contributed by atoms with van der Waals surface area (Å²) in [7, 11) is 1.85. The summed E-state index contributed by atoms with van der Waals surface area (Å²) in [5.41, 5.74) is 5.57. The average molecular weight is 213 g/mol. The minimum Gasteiger partial charge on any atom is -0.341 e. The highest BCUT2D eigenvalue weighted by atomic mass is 16.2. The Labute approximate surface area is 92.2 Å². The first-order valence-corrected chi connectivity index (χ1v) is 5.78. The number of amides is 1. The van der Waals surface area contributed by atoms with E-state index in [-0.39, 0.29) is 17.9 Å². The Morgan fingerprint density at radius 2 is 2.33 bits per heavy atom. The molecule has 0 bridgehead atoms. The van der Waals surface area contributed by atoms with Crippen molar-refractivity contribution < 1.29 is 4.79 Å². The van der Waals surface area contributed by atoms with Gasteiger partial charge in [-0.1, -0.05) is 0 Å². The van der Waals surface area contributed by atoms with E-state index in [9.17, 15) is 4.79 Å². The molecule has 0 aromatic rings. The van der Waals surface area contributed by atoms with E-state index in [2.05, 4.69) is 12.2 Å². The number of rotatable bonds is 3. The molecule has 0 aliphatic carbocycles. The molecule has 0 radical (unpaired) electrons. The highest BCUT2D eigenvalue weighted by molar-refractivity contribution is 5.79. The number of carbonyl (C=O) groups is 1. The van der Waals surface area contributed by atoms with Crippen molar-refractivity contribution in [3.63, 3.8) is 0 Å². The normalized spacial score (nSPS) is 28.5. The summed E-state index contributed by atoms with van der Waals surface area (Å²) in [5, 5.41) is 3.35. The van der Waals surface area contributed by atoms with Crippen LogP contribution in [0.25, 0.3) is 0 Å². The zero-order chi connectivity index (χ0) is 11.4. The second kappa shape index (κ2) is 5.47. The molecule has 3 atom stereocenters. The second-order valence-electron chi connectivity index (χ2n) is 4.53. The lowest BCUT2D eigenvalue weighted by Crippen LogP contribution is -2.50. The quantitative estimate of drug-likeness (QED) is 0.703. The molecule has 4 heteroatoms. The molecule has 0 spiro atoms. The molecule has 0 aromatic heterocycles. The van der Waals surface area contributed by atoms with E-state index in [1.54, 1.807) is 4.90 Å². The van der Waals surface area contributed by atoms with Gasteiger partial charge in [-0.2, -0.15) is 0 Å². The van der Waals surface area contributed by atoms with Crippen LogP contribution in [0.15, 0.2) is 0 Å². The van der Waals surface area contributed by atoms with Gasteiger partial charge in [0.25, 0.3) is 0 Å². The van der Waals surface area contributed by atoms with Crippen LogP contribution in [0, 0.1) is 5.92 Å². The Hall–Kier alpha value is -0.610. The van der Waals surface area contributed by atoms with Crippen LogP contribution in [0.2, 0.25) is 0 Å². The summed E-state index contributed by atoms with van der Waals surface area (Å²) in [6.45, 7) is 5.62. The van der Waals surface area contributed by atoms with Gasteiger partial charge < -0.3 is 16.0 Å². The number of hydrogen-bond donors (Lipinski definition) is 2. The topological polar surface area (TPSA) is 58.4 Å². The van der Waals surface area contributed by atoms with Crippen molar-refractivity contribution in [2.24, 2.45) is 11.7 Å². The fourth-order valence-corrected chi connectivity index (χ4v) is 2.02. The third-order valence-corrected chi connectivity index (χ3v) is 3.43. The average Bonchev–Trinajstić information content (AvgIpc) is 2.26. The highest BCUT2D eigenvalue weighted by Gasteiger charge is 2.30. The molecule has 1 aliphatic rings. The first-order valence-electron chi connectivity index (χ1n) is 5.78. The number of hydrogen-bond acceptors (Lipinski definition) is 3. The van der Waals surface area contributed by atoms with Crippen molar-refractivity contribution in [3.8, 4) is 0 Å². The molecule has 1 aliphatic heterocycles. The fraction of sp³-hybridized carbons (Fsp3) is 0.909. The summed E-state index contributed by atoms with van der Waals surface area (Å²) >= 11 is 0. The van der Waals surface area contributed by atoms with Crippen molar-refractivity contribution >= 4 is 5.91 Å². The zero-order valence-electron chi connectivity index (χ0n) is 9.99. The van der Waals surface area contributed by atoms with E-state index < -0.39 is 0 Å². The molecule has 1 fully saturated rings. The van der Waals surface area contributed by atoms with Crippen LogP contribution >= 0.6 is 0 Å². The Morgan fingerprint density at radius 1 is 1.67 bits per heavy atom. The van der Waals surface area contributed by atoms with Gasteiger partial charge in [0.15, 0.2) is 0 Å². The fourth-order valence-electron chi connectivity index (χ4n) is 2.02. The summed E-state index contributed by atoms with van der Waals surface area (Å²) < 4.78 is 0. The predicted molar refractivity (Wildman–Crippen MR) is 61.5 cm³/mol. The lowest BCUT2D eigenvalue weighted by molar-refractivity contribution is -0.137. The highest BCUT2D eigenvalue weighted by Crippen LogP contribution is 2.19. The van der Waals surface area contributed by atoms with E-state index in [4.69, 9.17) is 5.73 Å². The van der Waals surface area contributed by atoms with Crippen LogP contribution in [-0.4, -0.2) is 43.0 Å². The molecule has 3 N–H and O–H groups in total. The number of nitrogens with zero attached hydrogens (tertiary/aromatic N) is 1. The van der Waals surface area contributed by atoms with Gasteiger partial charge >= 0.3 is 0 Å². The standard InChI is InChI=1S/C11H23N3O/c1-8(7-12)14(3)11(15)10-5-4-6-13-9(10)2/h8-10,13H,4-7,12H2,1-3H3/t8?,9-,10-/m1/s1. The Bertz CT molecular complexity index is 220. The summed E-state index contributed by atoms with van der Waals surface area (Å²) in [6.07, 6.45) is 2.08.